The lowest BCUT2D eigenvalue weighted by Gasteiger charge is -2.14. The van der Waals surface area contributed by atoms with Gasteiger partial charge < -0.3 is 4.42 Å². The molecule has 5 heteroatoms. The fourth-order valence-corrected chi connectivity index (χ4v) is 7.25. The normalized spacial score (nSPS) is 11.3. The van der Waals surface area contributed by atoms with E-state index in [1.165, 1.54) is 0 Å². The monoisotopic (exact) mass is 704 g/mol. The molecule has 0 saturated carbocycles. The first-order valence-electron chi connectivity index (χ1n) is 18.3. The standard InChI is InChI=1S/C50H32N4O/c1-3-13-33(14-4-1)36-25-37(35-21-22-49-43(31-35)42-17-7-8-20-48(42)55-49)27-40(26-36)47-32-46(34-15-5-2-6-16-34)53-50(54-47)41-29-38(44-18-9-11-23-51-44)28-39(30-41)45-19-10-12-24-52-45/h1-32H. The quantitative estimate of drug-likeness (QED) is 0.165. The zero-order valence-electron chi connectivity index (χ0n) is 29.7. The Morgan fingerprint density at radius 2 is 0.800 bits per heavy atom. The maximum atomic E-state index is 6.19. The molecule has 4 aromatic heterocycles. The van der Waals surface area contributed by atoms with E-state index in [0.29, 0.717) is 5.82 Å². The van der Waals surface area contributed by atoms with Crippen LogP contribution in [0.1, 0.15) is 0 Å². The number of hydrogen-bond donors (Lipinski definition) is 0. The lowest BCUT2D eigenvalue weighted by atomic mass is 9.94. The smallest absolute Gasteiger partial charge is 0.160 e. The van der Waals surface area contributed by atoms with Crippen molar-refractivity contribution in [2.75, 3.05) is 0 Å². The van der Waals surface area contributed by atoms with Gasteiger partial charge in [-0.2, -0.15) is 0 Å². The van der Waals surface area contributed by atoms with Crippen LogP contribution in [0.15, 0.2) is 199 Å². The van der Waals surface area contributed by atoms with Crippen LogP contribution in [0.25, 0.3) is 101 Å². The molecule has 5 nitrogen and oxygen atoms in total. The van der Waals surface area contributed by atoms with Gasteiger partial charge in [0.25, 0.3) is 0 Å². The van der Waals surface area contributed by atoms with E-state index in [1.807, 2.05) is 85.2 Å². The largest absolute Gasteiger partial charge is 0.456 e. The third-order valence-corrected chi connectivity index (χ3v) is 9.95. The molecule has 258 valence electrons. The number of rotatable bonds is 7. The summed E-state index contributed by atoms with van der Waals surface area (Å²) in [5.41, 5.74) is 14.3. The zero-order chi connectivity index (χ0) is 36.6. The van der Waals surface area contributed by atoms with Gasteiger partial charge in [-0.05, 0) is 107 Å². The van der Waals surface area contributed by atoms with Crippen molar-refractivity contribution in [2.45, 2.75) is 0 Å². The highest BCUT2D eigenvalue weighted by atomic mass is 16.3. The van der Waals surface area contributed by atoms with Gasteiger partial charge in [0.05, 0.1) is 22.8 Å². The fourth-order valence-electron chi connectivity index (χ4n) is 7.25. The molecule has 0 radical (unpaired) electrons. The van der Waals surface area contributed by atoms with Gasteiger partial charge >= 0.3 is 0 Å². The number of pyridine rings is 2. The highest BCUT2D eigenvalue weighted by molar-refractivity contribution is 6.06. The average Bonchev–Trinajstić information content (AvgIpc) is 3.65. The average molecular weight is 705 g/mol. The van der Waals surface area contributed by atoms with Crippen molar-refractivity contribution < 1.29 is 4.42 Å². The SMILES string of the molecule is c1ccc(-c2cc(-c3ccc4oc5ccccc5c4c3)cc(-c3cc(-c4ccccc4)nc(-c4cc(-c5ccccn5)cc(-c5ccccn5)c4)n3)c2)cc1. The Kier molecular flexibility index (Phi) is 8.08. The molecular formula is C50H32N4O. The van der Waals surface area contributed by atoms with Crippen LogP contribution in [-0.4, -0.2) is 19.9 Å². The summed E-state index contributed by atoms with van der Waals surface area (Å²) in [5.74, 6) is 0.615. The molecule has 0 aliphatic carbocycles. The van der Waals surface area contributed by atoms with Gasteiger partial charge in [-0.25, -0.2) is 9.97 Å². The molecule has 4 heterocycles. The number of fused-ring (bicyclic) bond motifs is 3. The van der Waals surface area contributed by atoms with Crippen LogP contribution >= 0.6 is 0 Å². The molecule has 0 atom stereocenters. The summed E-state index contributed by atoms with van der Waals surface area (Å²) in [6.45, 7) is 0. The number of benzene rings is 6. The van der Waals surface area contributed by atoms with E-state index < -0.39 is 0 Å². The van der Waals surface area contributed by atoms with E-state index in [2.05, 4.69) is 109 Å². The number of furan rings is 1. The zero-order valence-corrected chi connectivity index (χ0v) is 29.7. The molecule has 0 unspecified atom stereocenters. The van der Waals surface area contributed by atoms with Gasteiger partial charge in [0.2, 0.25) is 0 Å². The van der Waals surface area contributed by atoms with Gasteiger partial charge in [0.1, 0.15) is 11.2 Å². The van der Waals surface area contributed by atoms with Crippen LogP contribution in [0.5, 0.6) is 0 Å². The van der Waals surface area contributed by atoms with E-state index in [1.54, 1.807) is 0 Å². The van der Waals surface area contributed by atoms with Gasteiger partial charge in [-0.3, -0.25) is 9.97 Å². The van der Waals surface area contributed by atoms with Crippen LogP contribution < -0.4 is 0 Å². The third-order valence-electron chi connectivity index (χ3n) is 9.95. The van der Waals surface area contributed by atoms with Gasteiger partial charge in [0, 0.05) is 51.0 Å². The van der Waals surface area contributed by atoms with Crippen LogP contribution in [0.3, 0.4) is 0 Å². The minimum absolute atomic E-state index is 0.615. The molecule has 0 amide bonds. The van der Waals surface area contributed by atoms with Crippen molar-refractivity contribution in [2.24, 2.45) is 0 Å². The Bertz CT molecular complexity index is 2900. The second-order valence-electron chi connectivity index (χ2n) is 13.5. The van der Waals surface area contributed by atoms with Crippen molar-refractivity contribution in [3.63, 3.8) is 0 Å². The minimum atomic E-state index is 0.615. The van der Waals surface area contributed by atoms with E-state index in [4.69, 9.17) is 24.4 Å². The number of nitrogens with zero attached hydrogens (tertiary/aromatic N) is 4. The van der Waals surface area contributed by atoms with Gasteiger partial charge in [0.15, 0.2) is 5.82 Å². The second kappa shape index (κ2) is 13.8. The summed E-state index contributed by atoms with van der Waals surface area (Å²) < 4.78 is 6.19. The summed E-state index contributed by atoms with van der Waals surface area (Å²) in [6, 6.07) is 62.6. The summed E-state index contributed by atoms with van der Waals surface area (Å²) in [6.07, 6.45) is 3.63. The highest BCUT2D eigenvalue weighted by Gasteiger charge is 2.17. The first kappa shape index (κ1) is 32.2. The number of aromatic nitrogens is 4. The van der Waals surface area contributed by atoms with Crippen LogP contribution in [-0.2, 0) is 0 Å². The van der Waals surface area contributed by atoms with Crippen LogP contribution in [0.4, 0.5) is 0 Å². The molecule has 6 aromatic carbocycles. The molecule has 0 fully saturated rings. The van der Waals surface area contributed by atoms with Crippen molar-refractivity contribution in [1.82, 2.24) is 19.9 Å². The predicted octanol–water partition coefficient (Wildman–Crippen LogP) is 12.8. The summed E-state index contributed by atoms with van der Waals surface area (Å²) in [7, 11) is 0. The van der Waals surface area contributed by atoms with Crippen molar-refractivity contribution in [3.8, 4) is 78.7 Å². The Balaban J connectivity index is 1.19. The molecular weight excluding hydrogens is 673 g/mol. The van der Waals surface area contributed by atoms with Crippen LogP contribution in [0.2, 0.25) is 0 Å². The molecule has 0 aliphatic heterocycles. The summed E-state index contributed by atoms with van der Waals surface area (Å²) in [5, 5.41) is 2.19. The van der Waals surface area contributed by atoms with E-state index in [-0.39, 0.29) is 0 Å². The van der Waals surface area contributed by atoms with E-state index in [0.717, 1.165) is 94.8 Å². The van der Waals surface area contributed by atoms with Gasteiger partial charge in [-0.1, -0.05) is 97.1 Å². The summed E-state index contributed by atoms with van der Waals surface area (Å²) in [4.78, 5) is 20.0. The molecule has 0 saturated heterocycles. The first-order valence-corrected chi connectivity index (χ1v) is 18.3. The Morgan fingerprint density at radius 1 is 0.291 bits per heavy atom. The van der Waals surface area contributed by atoms with Crippen LogP contribution in [0, 0.1) is 0 Å². The lowest BCUT2D eigenvalue weighted by Crippen LogP contribution is -1.98. The first-order chi connectivity index (χ1) is 27.2. The summed E-state index contributed by atoms with van der Waals surface area (Å²) >= 11 is 0. The van der Waals surface area contributed by atoms with Gasteiger partial charge in [-0.15, -0.1) is 0 Å². The lowest BCUT2D eigenvalue weighted by molar-refractivity contribution is 0.669. The molecule has 0 bridgehead atoms. The number of para-hydroxylation sites is 1. The minimum Gasteiger partial charge on any atom is -0.456 e. The second-order valence-corrected chi connectivity index (χ2v) is 13.5. The van der Waals surface area contributed by atoms with Crippen molar-refractivity contribution in [1.29, 1.82) is 0 Å². The molecule has 10 aromatic rings. The fraction of sp³-hybridized carbons (Fsp3) is 0. The maximum absolute atomic E-state index is 6.19. The van der Waals surface area contributed by atoms with Crippen molar-refractivity contribution in [3.05, 3.63) is 194 Å². The Labute approximate surface area is 318 Å². The third kappa shape index (κ3) is 6.34. The highest BCUT2D eigenvalue weighted by Crippen LogP contribution is 2.38. The van der Waals surface area contributed by atoms with Crippen molar-refractivity contribution >= 4 is 21.9 Å². The topological polar surface area (TPSA) is 64.7 Å². The molecule has 0 aliphatic rings. The number of hydrogen-bond acceptors (Lipinski definition) is 5. The Morgan fingerprint density at radius 3 is 1.47 bits per heavy atom. The molecule has 0 spiro atoms. The molecule has 10 rings (SSSR count). The Hall–Kier alpha value is -7.50. The molecule has 55 heavy (non-hydrogen) atoms. The predicted molar refractivity (Wildman–Crippen MR) is 223 cm³/mol. The van der Waals surface area contributed by atoms with E-state index in [9.17, 15) is 0 Å². The molecule has 0 N–H and O–H groups in total. The maximum Gasteiger partial charge on any atom is 0.160 e. The van der Waals surface area contributed by atoms with E-state index >= 15 is 0 Å².